The van der Waals surface area contributed by atoms with Gasteiger partial charge in [0.05, 0.1) is 18.7 Å². The van der Waals surface area contributed by atoms with Gasteiger partial charge in [0.25, 0.3) is 0 Å². The van der Waals surface area contributed by atoms with Crippen LogP contribution in [-0.2, 0) is 4.74 Å². The van der Waals surface area contributed by atoms with Gasteiger partial charge in [-0.1, -0.05) is 15.9 Å². The van der Waals surface area contributed by atoms with Crippen LogP contribution in [0, 0.1) is 0 Å². The molecule has 0 radical (unpaired) electrons. The molecule has 0 bridgehead atoms. The average Bonchev–Trinajstić information content (AvgIpc) is 2.97. The zero-order chi connectivity index (χ0) is 13.5. The molecule has 0 atom stereocenters. The summed E-state index contributed by atoms with van der Waals surface area (Å²) < 4.78 is 8.06. The van der Waals surface area contributed by atoms with E-state index in [-0.39, 0.29) is 0 Å². The third-order valence-corrected chi connectivity index (χ3v) is 3.87. The summed E-state index contributed by atoms with van der Waals surface area (Å²) in [5.74, 6) is 0.767. The molecule has 0 N–H and O–H groups in total. The van der Waals surface area contributed by atoms with Crippen LogP contribution in [0.1, 0.15) is 0 Å². The van der Waals surface area contributed by atoms with Crippen molar-refractivity contribution < 1.29 is 4.74 Å². The molecule has 2 aromatic heterocycles. The maximum absolute atomic E-state index is 5.38. The molecule has 1 fully saturated rings. The van der Waals surface area contributed by atoms with E-state index in [9.17, 15) is 0 Å². The molecule has 1 aliphatic rings. The zero-order valence-corrected chi connectivity index (χ0v) is 12.1. The third-order valence-electron chi connectivity index (χ3n) is 3.37. The fraction of sp³-hybridized carbons (Fsp3) is 0.333. The molecule has 3 aromatic rings. The van der Waals surface area contributed by atoms with E-state index >= 15 is 0 Å². The Morgan fingerprint density at radius 1 is 1.20 bits per heavy atom. The van der Waals surface area contributed by atoms with Gasteiger partial charge >= 0.3 is 0 Å². The second kappa shape index (κ2) is 4.64. The topological polar surface area (TPSA) is 68.4 Å². The van der Waals surface area contributed by atoms with Crippen molar-refractivity contribution in [3.63, 3.8) is 0 Å². The number of anilines is 1. The number of tetrazole rings is 1. The van der Waals surface area contributed by atoms with Gasteiger partial charge in [-0.2, -0.15) is 4.52 Å². The molecule has 102 valence electrons. The van der Waals surface area contributed by atoms with Crippen LogP contribution in [0.2, 0.25) is 0 Å². The number of aromatic nitrogens is 5. The molecule has 0 amide bonds. The normalized spacial score (nSPS) is 16.1. The highest BCUT2D eigenvalue weighted by molar-refractivity contribution is 9.10. The quantitative estimate of drug-likeness (QED) is 0.667. The van der Waals surface area contributed by atoms with Gasteiger partial charge in [-0.3, -0.25) is 0 Å². The number of fused-ring (bicyclic) bond motifs is 3. The van der Waals surface area contributed by atoms with Crippen molar-refractivity contribution >= 4 is 38.4 Å². The lowest BCUT2D eigenvalue weighted by Crippen LogP contribution is -2.38. The second-order valence-electron chi connectivity index (χ2n) is 4.59. The first kappa shape index (κ1) is 12.0. The lowest BCUT2D eigenvalue weighted by atomic mass is 10.2. The van der Waals surface area contributed by atoms with Crippen molar-refractivity contribution in [3.05, 3.63) is 22.7 Å². The lowest BCUT2D eigenvalue weighted by molar-refractivity contribution is 0.122. The molecule has 3 heterocycles. The van der Waals surface area contributed by atoms with Crippen molar-refractivity contribution in [2.45, 2.75) is 0 Å². The highest BCUT2D eigenvalue weighted by Gasteiger charge is 2.19. The Bertz CT molecular complexity index is 782. The van der Waals surface area contributed by atoms with Crippen LogP contribution < -0.4 is 4.90 Å². The number of halogens is 1. The van der Waals surface area contributed by atoms with E-state index < -0.39 is 0 Å². The Morgan fingerprint density at radius 2 is 2.05 bits per heavy atom. The van der Waals surface area contributed by atoms with Crippen molar-refractivity contribution in [2.75, 3.05) is 31.2 Å². The molecule has 20 heavy (non-hydrogen) atoms. The molecule has 1 saturated heterocycles. The van der Waals surface area contributed by atoms with Gasteiger partial charge < -0.3 is 9.64 Å². The molecular formula is C12H11BrN6O. The van der Waals surface area contributed by atoms with Gasteiger partial charge in [-0.15, -0.1) is 5.10 Å². The number of morpholine rings is 1. The smallest absolute Gasteiger partial charge is 0.230 e. The Kier molecular flexibility index (Phi) is 2.78. The monoisotopic (exact) mass is 334 g/mol. The van der Waals surface area contributed by atoms with E-state index in [2.05, 4.69) is 36.4 Å². The van der Waals surface area contributed by atoms with Crippen LogP contribution >= 0.6 is 15.9 Å². The molecule has 0 unspecified atom stereocenters. The first-order valence-corrected chi connectivity index (χ1v) is 7.12. The Morgan fingerprint density at radius 3 is 2.90 bits per heavy atom. The summed E-state index contributed by atoms with van der Waals surface area (Å²) in [7, 11) is 0. The van der Waals surface area contributed by atoms with Crippen molar-refractivity contribution in [1.82, 2.24) is 25.0 Å². The molecule has 0 spiro atoms. The van der Waals surface area contributed by atoms with Crippen LogP contribution in [0.15, 0.2) is 22.7 Å². The minimum absolute atomic E-state index is 0.698. The van der Waals surface area contributed by atoms with Crippen LogP contribution in [0.3, 0.4) is 0 Å². The summed E-state index contributed by atoms with van der Waals surface area (Å²) >= 11 is 3.47. The van der Waals surface area contributed by atoms with Crippen molar-refractivity contribution in [1.29, 1.82) is 0 Å². The Labute approximate surface area is 122 Å². The largest absolute Gasteiger partial charge is 0.378 e. The SMILES string of the molecule is Brc1ccc2nc(N3CCOCC3)n3nnnc3c2c1. The molecule has 4 rings (SSSR count). The fourth-order valence-corrected chi connectivity index (χ4v) is 2.76. The van der Waals surface area contributed by atoms with Gasteiger partial charge in [0, 0.05) is 22.9 Å². The molecule has 0 aliphatic carbocycles. The number of nitrogens with zero attached hydrogens (tertiary/aromatic N) is 6. The Balaban J connectivity index is 1.99. The number of hydrogen-bond donors (Lipinski definition) is 0. The van der Waals surface area contributed by atoms with Crippen molar-refractivity contribution in [3.8, 4) is 0 Å². The van der Waals surface area contributed by atoms with Gasteiger partial charge in [-0.05, 0) is 28.6 Å². The van der Waals surface area contributed by atoms with E-state index in [0.717, 1.165) is 40.1 Å². The van der Waals surface area contributed by atoms with Gasteiger partial charge in [0.15, 0.2) is 5.65 Å². The number of rotatable bonds is 1. The molecular weight excluding hydrogens is 324 g/mol. The van der Waals surface area contributed by atoms with Crippen LogP contribution in [0.4, 0.5) is 5.95 Å². The number of benzene rings is 1. The predicted molar refractivity (Wildman–Crippen MR) is 76.8 cm³/mol. The predicted octanol–water partition coefficient (Wildman–Crippen LogP) is 1.27. The maximum Gasteiger partial charge on any atom is 0.230 e. The van der Waals surface area contributed by atoms with Gasteiger partial charge in [0.2, 0.25) is 5.95 Å². The highest BCUT2D eigenvalue weighted by atomic mass is 79.9. The number of ether oxygens (including phenoxy) is 1. The highest BCUT2D eigenvalue weighted by Crippen LogP contribution is 2.25. The van der Waals surface area contributed by atoms with Crippen LogP contribution in [0.25, 0.3) is 16.6 Å². The summed E-state index contributed by atoms with van der Waals surface area (Å²) in [6.07, 6.45) is 0. The Hall–Kier alpha value is -1.80. The summed E-state index contributed by atoms with van der Waals surface area (Å²) in [6.45, 7) is 2.99. The molecule has 7 nitrogen and oxygen atoms in total. The van der Waals surface area contributed by atoms with E-state index in [1.807, 2.05) is 18.2 Å². The summed E-state index contributed by atoms with van der Waals surface area (Å²) in [5.41, 5.74) is 1.61. The number of hydrogen-bond acceptors (Lipinski definition) is 6. The first-order valence-electron chi connectivity index (χ1n) is 6.33. The summed E-state index contributed by atoms with van der Waals surface area (Å²) in [6, 6.07) is 5.92. The van der Waals surface area contributed by atoms with Crippen LogP contribution in [-0.4, -0.2) is 51.3 Å². The molecule has 1 aromatic carbocycles. The summed E-state index contributed by atoms with van der Waals surface area (Å²) in [4.78, 5) is 6.86. The molecule has 1 aliphatic heterocycles. The fourth-order valence-electron chi connectivity index (χ4n) is 2.40. The summed E-state index contributed by atoms with van der Waals surface area (Å²) in [5, 5.41) is 12.9. The van der Waals surface area contributed by atoms with Gasteiger partial charge in [0.1, 0.15) is 0 Å². The third kappa shape index (κ3) is 1.83. The lowest BCUT2D eigenvalue weighted by Gasteiger charge is -2.27. The first-order chi connectivity index (χ1) is 9.83. The van der Waals surface area contributed by atoms with Gasteiger partial charge in [-0.25, -0.2) is 4.98 Å². The standard InChI is InChI=1S/C12H11BrN6O/c13-8-1-2-10-9(7-8)11-15-16-17-19(11)12(14-10)18-3-5-20-6-4-18/h1-2,7H,3-6H2. The van der Waals surface area contributed by atoms with Crippen LogP contribution in [0.5, 0.6) is 0 Å². The minimum atomic E-state index is 0.698. The maximum atomic E-state index is 5.38. The minimum Gasteiger partial charge on any atom is -0.378 e. The second-order valence-corrected chi connectivity index (χ2v) is 5.50. The molecule has 8 heteroatoms. The molecule has 0 saturated carbocycles. The average molecular weight is 335 g/mol. The van der Waals surface area contributed by atoms with E-state index in [4.69, 9.17) is 9.72 Å². The van der Waals surface area contributed by atoms with E-state index in [1.165, 1.54) is 0 Å². The van der Waals surface area contributed by atoms with E-state index in [1.54, 1.807) is 4.52 Å². The zero-order valence-electron chi connectivity index (χ0n) is 10.5. The van der Waals surface area contributed by atoms with Crippen molar-refractivity contribution in [2.24, 2.45) is 0 Å². The van der Waals surface area contributed by atoms with E-state index in [0.29, 0.717) is 13.2 Å².